The molecule has 0 spiro atoms. The van der Waals surface area contributed by atoms with Crippen LogP contribution >= 0.6 is 0 Å². The van der Waals surface area contributed by atoms with Gasteiger partial charge < -0.3 is 15.1 Å². The second kappa shape index (κ2) is 9.44. The van der Waals surface area contributed by atoms with Crippen LogP contribution in [0.2, 0.25) is 0 Å². The van der Waals surface area contributed by atoms with Crippen LogP contribution in [0, 0.1) is 0 Å². The van der Waals surface area contributed by atoms with Crippen LogP contribution in [0.5, 0.6) is 0 Å². The number of benzene rings is 2. The number of carbonyl (C=O) groups excluding carboxylic acids is 1. The molecule has 0 saturated carbocycles. The standard InChI is InChI=1S/C25H27N5O3S/c31-25(23-7-4-12-30-17-18-34(32,33)27-24(23)30)26-21-8-10-22(11-9-21)29-15-13-28(14-16-29)19-20-5-2-1-3-6-20/h1-12H,13-19H2,(H,26,31). The molecule has 3 heterocycles. The highest BCUT2D eigenvalue weighted by Crippen LogP contribution is 2.22. The Balaban J connectivity index is 1.19. The van der Waals surface area contributed by atoms with Crippen molar-refractivity contribution in [3.8, 4) is 0 Å². The highest BCUT2D eigenvalue weighted by Gasteiger charge is 2.30. The van der Waals surface area contributed by atoms with Gasteiger partial charge in [0.05, 0.1) is 11.3 Å². The Kier molecular flexibility index (Phi) is 6.21. The van der Waals surface area contributed by atoms with Crippen molar-refractivity contribution in [3.63, 3.8) is 0 Å². The molecule has 0 bridgehead atoms. The van der Waals surface area contributed by atoms with E-state index in [2.05, 4.69) is 43.8 Å². The number of amidine groups is 1. The Hall–Kier alpha value is -3.43. The molecule has 1 fully saturated rings. The van der Waals surface area contributed by atoms with Crippen molar-refractivity contribution in [2.24, 2.45) is 4.40 Å². The van der Waals surface area contributed by atoms with Crippen LogP contribution in [0.4, 0.5) is 11.4 Å². The SMILES string of the molecule is O=C(Nc1ccc(N2CCN(Cc3ccccc3)CC2)cc1)C1=CC=CN2CCS(=O)(=O)N=C12. The summed E-state index contributed by atoms with van der Waals surface area (Å²) in [5.74, 6) is -0.263. The van der Waals surface area contributed by atoms with E-state index in [4.69, 9.17) is 0 Å². The second-order valence-electron chi connectivity index (χ2n) is 8.57. The number of carbonyl (C=O) groups is 1. The first-order chi connectivity index (χ1) is 16.5. The number of anilines is 2. The van der Waals surface area contributed by atoms with Crippen molar-refractivity contribution in [1.29, 1.82) is 0 Å². The molecule has 2 aromatic rings. The molecular formula is C25H27N5O3S. The third-order valence-corrected chi connectivity index (χ3v) is 7.36. The van der Waals surface area contributed by atoms with Crippen molar-refractivity contribution in [2.75, 3.05) is 48.7 Å². The van der Waals surface area contributed by atoms with Gasteiger partial charge in [0.2, 0.25) is 0 Å². The van der Waals surface area contributed by atoms with Gasteiger partial charge in [-0.05, 0) is 42.0 Å². The molecule has 0 unspecified atom stereocenters. The summed E-state index contributed by atoms with van der Waals surface area (Å²) in [5, 5.41) is 2.87. The van der Waals surface area contributed by atoms with Crippen LogP contribution in [0.15, 0.2) is 82.9 Å². The van der Waals surface area contributed by atoms with Gasteiger partial charge in [0.1, 0.15) is 0 Å². The number of hydrogen-bond acceptors (Lipinski definition) is 6. The minimum absolute atomic E-state index is 0.0578. The van der Waals surface area contributed by atoms with Crippen LogP contribution in [-0.4, -0.2) is 68.4 Å². The first-order valence-corrected chi connectivity index (χ1v) is 13.0. The topological polar surface area (TPSA) is 85.3 Å². The van der Waals surface area contributed by atoms with Crippen LogP contribution in [-0.2, 0) is 21.4 Å². The summed E-state index contributed by atoms with van der Waals surface area (Å²) < 4.78 is 27.7. The van der Waals surface area contributed by atoms with E-state index in [1.165, 1.54) is 5.56 Å². The highest BCUT2D eigenvalue weighted by atomic mass is 32.2. The lowest BCUT2D eigenvalue weighted by molar-refractivity contribution is -0.112. The number of piperazine rings is 1. The van der Waals surface area contributed by atoms with E-state index < -0.39 is 10.0 Å². The van der Waals surface area contributed by atoms with E-state index in [-0.39, 0.29) is 29.6 Å². The Morgan fingerprint density at radius 1 is 0.941 bits per heavy atom. The van der Waals surface area contributed by atoms with Gasteiger partial charge in [-0.2, -0.15) is 0 Å². The first-order valence-electron chi connectivity index (χ1n) is 11.4. The maximum atomic E-state index is 12.9. The zero-order valence-corrected chi connectivity index (χ0v) is 19.6. The lowest BCUT2D eigenvalue weighted by Gasteiger charge is -2.36. The quantitative estimate of drug-likeness (QED) is 0.712. The minimum atomic E-state index is -3.55. The molecule has 2 aromatic carbocycles. The lowest BCUT2D eigenvalue weighted by atomic mass is 10.1. The molecule has 3 aliphatic heterocycles. The van der Waals surface area contributed by atoms with E-state index in [9.17, 15) is 13.2 Å². The first kappa shape index (κ1) is 22.4. The van der Waals surface area contributed by atoms with Crippen LogP contribution in [0.3, 0.4) is 0 Å². The molecule has 1 saturated heterocycles. The predicted octanol–water partition coefficient (Wildman–Crippen LogP) is 2.44. The van der Waals surface area contributed by atoms with Gasteiger partial charge in [-0.1, -0.05) is 30.3 Å². The fourth-order valence-corrected chi connectivity index (χ4v) is 5.34. The Morgan fingerprint density at radius 2 is 1.68 bits per heavy atom. The molecule has 0 aliphatic carbocycles. The number of allylic oxidation sites excluding steroid dienone is 2. The van der Waals surface area contributed by atoms with E-state index in [1.54, 1.807) is 23.3 Å². The number of rotatable bonds is 5. The summed E-state index contributed by atoms with van der Waals surface area (Å²) in [6.45, 7) is 5.14. The Labute approximate surface area is 199 Å². The third-order valence-electron chi connectivity index (χ3n) is 6.21. The number of fused-ring (bicyclic) bond motifs is 1. The summed E-state index contributed by atoms with van der Waals surface area (Å²) in [6, 6.07) is 18.3. The zero-order valence-electron chi connectivity index (χ0n) is 18.8. The van der Waals surface area contributed by atoms with Crippen molar-refractivity contribution in [2.45, 2.75) is 6.54 Å². The molecule has 9 heteroatoms. The largest absolute Gasteiger partial charge is 0.369 e. The van der Waals surface area contributed by atoms with Crippen molar-refractivity contribution in [3.05, 3.63) is 84.1 Å². The summed E-state index contributed by atoms with van der Waals surface area (Å²) in [6.07, 6.45) is 5.06. The molecule has 1 amide bonds. The number of nitrogens with one attached hydrogen (secondary N) is 1. The average molecular weight is 478 g/mol. The maximum Gasteiger partial charge on any atom is 0.259 e. The van der Waals surface area contributed by atoms with E-state index in [1.807, 2.05) is 30.3 Å². The summed E-state index contributed by atoms with van der Waals surface area (Å²) in [4.78, 5) is 19.4. The van der Waals surface area contributed by atoms with E-state index >= 15 is 0 Å². The van der Waals surface area contributed by atoms with Crippen molar-refractivity contribution < 1.29 is 13.2 Å². The Morgan fingerprint density at radius 3 is 2.41 bits per heavy atom. The molecule has 0 radical (unpaired) electrons. The van der Waals surface area contributed by atoms with Crippen LogP contribution in [0.25, 0.3) is 0 Å². The molecule has 3 aliphatic rings. The van der Waals surface area contributed by atoms with Gasteiger partial charge in [0, 0.05) is 56.8 Å². The second-order valence-corrected chi connectivity index (χ2v) is 10.3. The van der Waals surface area contributed by atoms with Gasteiger partial charge in [0.15, 0.2) is 5.84 Å². The molecule has 176 valence electrons. The van der Waals surface area contributed by atoms with Gasteiger partial charge in [-0.3, -0.25) is 9.69 Å². The highest BCUT2D eigenvalue weighted by molar-refractivity contribution is 7.90. The number of hydrogen-bond donors (Lipinski definition) is 1. The normalized spacial score (nSPS) is 19.8. The third kappa shape index (κ3) is 5.05. The van der Waals surface area contributed by atoms with Gasteiger partial charge in [-0.25, -0.2) is 8.42 Å². The maximum absolute atomic E-state index is 12.9. The number of amides is 1. The smallest absolute Gasteiger partial charge is 0.259 e. The number of nitrogens with zero attached hydrogens (tertiary/aromatic N) is 4. The summed E-state index contributed by atoms with van der Waals surface area (Å²) in [5.41, 5.74) is 3.34. The minimum Gasteiger partial charge on any atom is -0.369 e. The molecule has 0 atom stereocenters. The molecule has 0 aromatic heterocycles. The molecular weight excluding hydrogens is 450 g/mol. The monoisotopic (exact) mass is 477 g/mol. The van der Waals surface area contributed by atoms with Gasteiger partial charge >= 0.3 is 0 Å². The molecule has 8 nitrogen and oxygen atoms in total. The van der Waals surface area contributed by atoms with Crippen LogP contribution < -0.4 is 10.2 Å². The zero-order chi connectivity index (χ0) is 23.5. The summed E-state index contributed by atoms with van der Waals surface area (Å²) >= 11 is 0. The number of sulfonamides is 1. The van der Waals surface area contributed by atoms with E-state index in [0.717, 1.165) is 38.4 Å². The van der Waals surface area contributed by atoms with E-state index in [0.29, 0.717) is 5.69 Å². The van der Waals surface area contributed by atoms with Crippen LogP contribution in [0.1, 0.15) is 5.56 Å². The summed E-state index contributed by atoms with van der Waals surface area (Å²) in [7, 11) is -3.55. The predicted molar refractivity (Wildman–Crippen MR) is 134 cm³/mol. The van der Waals surface area contributed by atoms with Gasteiger partial charge in [-0.15, -0.1) is 4.40 Å². The van der Waals surface area contributed by atoms with Crippen molar-refractivity contribution >= 4 is 33.1 Å². The van der Waals surface area contributed by atoms with Gasteiger partial charge in [0.25, 0.3) is 15.9 Å². The molecule has 34 heavy (non-hydrogen) atoms. The molecule has 5 rings (SSSR count). The lowest BCUT2D eigenvalue weighted by Crippen LogP contribution is -2.45. The van der Waals surface area contributed by atoms with Crippen molar-refractivity contribution in [1.82, 2.24) is 9.80 Å². The average Bonchev–Trinajstić information content (AvgIpc) is 2.85. The Bertz CT molecular complexity index is 1250. The molecule has 1 N–H and O–H groups in total. The fraction of sp³-hybridized carbons (Fsp3) is 0.280. The fourth-order valence-electron chi connectivity index (χ4n) is 4.35.